The number of aliphatic hydroxyl groups excluding tert-OH is 1. The molecular formula is C19H20BrN5O2. The summed E-state index contributed by atoms with van der Waals surface area (Å²) in [5.41, 5.74) is 4.83. The molecule has 0 aliphatic heterocycles. The third kappa shape index (κ3) is 3.68. The maximum Gasteiger partial charge on any atom is 0.251 e. The first kappa shape index (κ1) is 17.9. The predicted octanol–water partition coefficient (Wildman–Crippen LogP) is 2.76. The summed E-state index contributed by atoms with van der Waals surface area (Å²) in [4.78, 5) is 16.8. The molecule has 140 valence electrons. The number of benzene rings is 1. The first-order valence-corrected chi connectivity index (χ1v) is 9.67. The van der Waals surface area contributed by atoms with Crippen molar-refractivity contribution in [3.8, 4) is 11.3 Å². The average Bonchev–Trinajstić information content (AvgIpc) is 3.35. The van der Waals surface area contributed by atoms with Crippen molar-refractivity contribution in [2.24, 2.45) is 0 Å². The van der Waals surface area contributed by atoms with Crippen LogP contribution < -0.4 is 10.6 Å². The molecule has 0 bridgehead atoms. The summed E-state index contributed by atoms with van der Waals surface area (Å²) >= 11 is 3.43. The number of amides is 1. The number of halogens is 1. The van der Waals surface area contributed by atoms with Gasteiger partial charge in [-0.1, -0.05) is 6.07 Å². The quantitative estimate of drug-likeness (QED) is 0.560. The number of rotatable bonds is 6. The van der Waals surface area contributed by atoms with Crippen LogP contribution in [0, 0.1) is 6.92 Å². The second-order valence-corrected chi connectivity index (χ2v) is 7.50. The molecule has 4 rings (SSSR count). The molecular weight excluding hydrogens is 410 g/mol. The maximum atomic E-state index is 12.3. The van der Waals surface area contributed by atoms with Crippen LogP contribution in [0.4, 0.5) is 5.69 Å². The van der Waals surface area contributed by atoms with Crippen molar-refractivity contribution in [3.63, 3.8) is 0 Å². The zero-order valence-corrected chi connectivity index (χ0v) is 16.5. The molecule has 2 aromatic heterocycles. The number of aromatic nitrogens is 3. The minimum atomic E-state index is -0.0175. The van der Waals surface area contributed by atoms with Crippen molar-refractivity contribution in [2.45, 2.75) is 25.8 Å². The molecule has 0 radical (unpaired) electrons. The molecule has 1 aromatic carbocycles. The molecule has 0 atom stereocenters. The van der Waals surface area contributed by atoms with Gasteiger partial charge in [0.1, 0.15) is 4.60 Å². The molecule has 0 saturated heterocycles. The Kier molecular flexibility index (Phi) is 4.84. The van der Waals surface area contributed by atoms with Gasteiger partial charge < -0.3 is 15.7 Å². The summed E-state index contributed by atoms with van der Waals surface area (Å²) in [6.45, 7) is 2.40. The molecule has 1 aliphatic carbocycles. The number of anilines is 1. The van der Waals surface area contributed by atoms with E-state index in [0.29, 0.717) is 28.4 Å². The van der Waals surface area contributed by atoms with E-state index in [9.17, 15) is 4.79 Å². The molecule has 27 heavy (non-hydrogen) atoms. The van der Waals surface area contributed by atoms with Crippen molar-refractivity contribution in [1.82, 2.24) is 19.9 Å². The molecule has 1 fully saturated rings. The molecule has 1 amide bonds. The normalized spacial score (nSPS) is 13.7. The van der Waals surface area contributed by atoms with Gasteiger partial charge in [-0.15, -0.1) is 0 Å². The van der Waals surface area contributed by atoms with Crippen LogP contribution in [0.1, 0.15) is 28.8 Å². The fraction of sp³-hybridized carbons (Fsp3) is 0.316. The summed E-state index contributed by atoms with van der Waals surface area (Å²) in [5, 5.41) is 19.7. The van der Waals surface area contributed by atoms with Crippen LogP contribution in [0.25, 0.3) is 16.9 Å². The molecule has 3 N–H and O–H groups in total. The van der Waals surface area contributed by atoms with E-state index in [4.69, 9.17) is 5.11 Å². The van der Waals surface area contributed by atoms with Crippen LogP contribution in [0.2, 0.25) is 0 Å². The number of nitrogens with one attached hydrogen (secondary N) is 2. The highest BCUT2D eigenvalue weighted by Crippen LogP contribution is 2.28. The van der Waals surface area contributed by atoms with Gasteiger partial charge in [0.2, 0.25) is 0 Å². The highest BCUT2D eigenvalue weighted by Gasteiger charge is 2.24. The van der Waals surface area contributed by atoms with Gasteiger partial charge in [-0.3, -0.25) is 4.79 Å². The second-order valence-electron chi connectivity index (χ2n) is 6.69. The Morgan fingerprint density at radius 3 is 2.89 bits per heavy atom. The Labute approximate surface area is 164 Å². The SMILES string of the molecule is Cc1cc(-c2cnc3c(NCCO)cc(Br)nn23)ccc1C(=O)NC1CC1. The molecule has 8 heteroatoms. The number of imidazole rings is 1. The van der Waals surface area contributed by atoms with Crippen molar-refractivity contribution >= 4 is 33.2 Å². The van der Waals surface area contributed by atoms with E-state index in [2.05, 4.69) is 36.6 Å². The first-order chi connectivity index (χ1) is 13.1. The number of aliphatic hydroxyl groups is 1. The molecule has 1 saturated carbocycles. The van der Waals surface area contributed by atoms with Crippen LogP contribution in [0.15, 0.2) is 35.1 Å². The van der Waals surface area contributed by atoms with Gasteiger partial charge in [0, 0.05) is 23.7 Å². The molecule has 0 spiro atoms. The number of carbonyl (C=O) groups is 1. The topological polar surface area (TPSA) is 91.6 Å². The van der Waals surface area contributed by atoms with Crippen molar-refractivity contribution in [2.75, 3.05) is 18.5 Å². The Morgan fingerprint density at radius 2 is 2.19 bits per heavy atom. The van der Waals surface area contributed by atoms with E-state index < -0.39 is 0 Å². The van der Waals surface area contributed by atoms with Gasteiger partial charge in [-0.05, 0) is 59.5 Å². The lowest BCUT2D eigenvalue weighted by atomic mass is 10.0. The van der Waals surface area contributed by atoms with E-state index in [1.54, 1.807) is 10.7 Å². The lowest BCUT2D eigenvalue weighted by Crippen LogP contribution is -2.26. The lowest BCUT2D eigenvalue weighted by molar-refractivity contribution is 0.0950. The third-order valence-electron chi connectivity index (χ3n) is 4.54. The molecule has 2 heterocycles. The summed E-state index contributed by atoms with van der Waals surface area (Å²) in [7, 11) is 0. The Bertz CT molecular complexity index is 1010. The van der Waals surface area contributed by atoms with E-state index in [1.165, 1.54) is 0 Å². The highest BCUT2D eigenvalue weighted by molar-refractivity contribution is 9.10. The van der Waals surface area contributed by atoms with Crippen LogP contribution in [-0.2, 0) is 0 Å². The molecule has 7 nitrogen and oxygen atoms in total. The van der Waals surface area contributed by atoms with Gasteiger partial charge in [0.25, 0.3) is 5.91 Å². The third-order valence-corrected chi connectivity index (χ3v) is 4.93. The molecule has 0 unspecified atom stereocenters. The highest BCUT2D eigenvalue weighted by atomic mass is 79.9. The van der Waals surface area contributed by atoms with Gasteiger partial charge in [-0.25, -0.2) is 9.50 Å². The van der Waals surface area contributed by atoms with E-state index >= 15 is 0 Å². The summed E-state index contributed by atoms with van der Waals surface area (Å²) < 4.78 is 2.41. The van der Waals surface area contributed by atoms with E-state index in [-0.39, 0.29) is 12.5 Å². The first-order valence-electron chi connectivity index (χ1n) is 8.87. The fourth-order valence-electron chi connectivity index (χ4n) is 3.02. The Hall–Kier alpha value is -2.45. The average molecular weight is 430 g/mol. The van der Waals surface area contributed by atoms with Gasteiger partial charge in [0.05, 0.1) is 24.2 Å². The Balaban J connectivity index is 1.70. The van der Waals surface area contributed by atoms with Crippen molar-refractivity contribution in [3.05, 3.63) is 46.2 Å². The van der Waals surface area contributed by atoms with Crippen LogP contribution in [0.3, 0.4) is 0 Å². The number of carbonyl (C=O) groups excluding carboxylic acids is 1. The number of hydrogen-bond donors (Lipinski definition) is 3. The van der Waals surface area contributed by atoms with Crippen molar-refractivity contribution in [1.29, 1.82) is 0 Å². The second kappa shape index (κ2) is 7.28. The maximum absolute atomic E-state index is 12.3. The zero-order valence-electron chi connectivity index (χ0n) is 14.9. The van der Waals surface area contributed by atoms with Crippen LogP contribution in [-0.4, -0.2) is 44.8 Å². The lowest BCUT2D eigenvalue weighted by Gasteiger charge is -2.10. The molecule has 3 aromatic rings. The number of aryl methyl sites for hydroxylation is 1. The zero-order chi connectivity index (χ0) is 19.0. The fourth-order valence-corrected chi connectivity index (χ4v) is 3.41. The minimum Gasteiger partial charge on any atom is -0.395 e. The number of hydrogen-bond acceptors (Lipinski definition) is 5. The number of nitrogens with zero attached hydrogens (tertiary/aromatic N) is 3. The molecule has 1 aliphatic rings. The Morgan fingerprint density at radius 1 is 1.37 bits per heavy atom. The van der Waals surface area contributed by atoms with Crippen molar-refractivity contribution < 1.29 is 9.90 Å². The summed E-state index contributed by atoms with van der Waals surface area (Å²) in [6.07, 6.45) is 3.90. The standard InChI is InChI=1S/C19H20BrN5O2/c1-11-8-12(2-5-14(11)19(27)23-13-3-4-13)16-10-22-18-15(21-6-7-26)9-17(20)24-25(16)18/h2,5,8-10,13,21,26H,3-4,6-7H2,1H3,(H,23,27). The smallest absolute Gasteiger partial charge is 0.251 e. The largest absolute Gasteiger partial charge is 0.395 e. The summed E-state index contributed by atoms with van der Waals surface area (Å²) in [6, 6.07) is 7.92. The van der Waals surface area contributed by atoms with E-state index in [1.807, 2.05) is 31.2 Å². The van der Waals surface area contributed by atoms with E-state index in [0.717, 1.165) is 35.3 Å². The number of fused-ring (bicyclic) bond motifs is 1. The van der Waals surface area contributed by atoms with Gasteiger partial charge in [-0.2, -0.15) is 5.10 Å². The monoisotopic (exact) mass is 429 g/mol. The minimum absolute atomic E-state index is 0.0175. The summed E-state index contributed by atoms with van der Waals surface area (Å²) in [5.74, 6) is -0.0175. The van der Waals surface area contributed by atoms with Crippen LogP contribution in [0.5, 0.6) is 0 Å². The predicted molar refractivity (Wildman–Crippen MR) is 107 cm³/mol. The van der Waals surface area contributed by atoms with Gasteiger partial charge >= 0.3 is 0 Å². The van der Waals surface area contributed by atoms with Gasteiger partial charge in [0.15, 0.2) is 5.65 Å². The van der Waals surface area contributed by atoms with Crippen LogP contribution >= 0.6 is 15.9 Å².